The van der Waals surface area contributed by atoms with Crippen molar-refractivity contribution >= 4 is 46.7 Å². The topological polar surface area (TPSA) is 260 Å². The van der Waals surface area contributed by atoms with E-state index in [9.17, 15) is 19.2 Å². The highest BCUT2D eigenvalue weighted by molar-refractivity contribution is 6.09. The lowest BCUT2D eigenvalue weighted by atomic mass is 9.73. The second kappa shape index (κ2) is 20.9. The van der Waals surface area contributed by atoms with Crippen LogP contribution in [0.1, 0.15) is 66.6 Å². The van der Waals surface area contributed by atoms with Crippen LogP contribution in [0.15, 0.2) is 33.9 Å². The van der Waals surface area contributed by atoms with Gasteiger partial charge in [-0.25, -0.2) is 8.78 Å². The van der Waals surface area contributed by atoms with E-state index >= 15 is 8.78 Å². The lowest BCUT2D eigenvalue weighted by molar-refractivity contribution is -0.124. The summed E-state index contributed by atoms with van der Waals surface area (Å²) in [5.41, 5.74) is 0.765. The minimum atomic E-state index is -1.03. The number of hydrogen-bond acceptors (Lipinski definition) is 18. The molecule has 3 N–H and O–H groups in total. The number of fused-ring (bicyclic) bond motifs is 6. The summed E-state index contributed by atoms with van der Waals surface area (Å²) in [6.07, 6.45) is 4.72. The smallest absolute Gasteiger partial charge is 0.257 e. The first-order chi connectivity index (χ1) is 36.3. The van der Waals surface area contributed by atoms with Crippen molar-refractivity contribution in [3.05, 3.63) is 84.7 Å². The molecule has 0 unspecified atom stereocenters. The molecule has 2 fully saturated rings. The minimum absolute atomic E-state index is 0.00200. The van der Waals surface area contributed by atoms with Crippen LogP contribution in [-0.2, 0) is 49.3 Å². The van der Waals surface area contributed by atoms with E-state index in [2.05, 4.69) is 30.6 Å². The highest BCUT2D eigenvalue weighted by atomic mass is 19.1. The van der Waals surface area contributed by atoms with E-state index in [-0.39, 0.29) is 60.7 Å². The summed E-state index contributed by atoms with van der Waals surface area (Å²) in [5, 5.41) is 22.4. The molecule has 0 atom stereocenters. The largest absolute Gasteiger partial charge is 0.485 e. The fourth-order valence-corrected chi connectivity index (χ4v) is 11.6. The molecule has 23 nitrogen and oxygen atoms in total. The maximum Gasteiger partial charge on any atom is 0.257 e. The number of nitrogens with zero attached hydrogens (tertiary/aromatic N) is 12. The van der Waals surface area contributed by atoms with Crippen LogP contribution >= 0.6 is 0 Å². The zero-order valence-electron chi connectivity index (χ0n) is 42.3. The van der Waals surface area contributed by atoms with Gasteiger partial charge in [0.25, 0.3) is 11.1 Å². The molecule has 3 aromatic heterocycles. The summed E-state index contributed by atoms with van der Waals surface area (Å²) in [5.74, 6) is 1.80. The molecule has 6 aliphatic rings. The Bertz CT molecular complexity index is 3130. The Hall–Kier alpha value is -7.72. The number of tetrazole rings is 1. The second-order valence-electron chi connectivity index (χ2n) is 19.6. The average Bonchev–Trinajstić information content (AvgIpc) is 4.16. The van der Waals surface area contributed by atoms with E-state index in [0.29, 0.717) is 141 Å². The Morgan fingerprint density at radius 1 is 0.680 bits per heavy atom. The number of amides is 2. The molecule has 9 heterocycles. The van der Waals surface area contributed by atoms with Gasteiger partial charge in [0.1, 0.15) is 40.8 Å². The van der Waals surface area contributed by atoms with Crippen LogP contribution in [0.25, 0.3) is 0 Å². The molecule has 2 spiro atoms. The van der Waals surface area contributed by atoms with Crippen LogP contribution < -0.4 is 50.0 Å². The van der Waals surface area contributed by atoms with Gasteiger partial charge in [-0.05, 0) is 51.4 Å². The molecule has 2 saturated heterocycles. The zero-order valence-corrected chi connectivity index (χ0v) is 42.3. The first-order valence-electron chi connectivity index (χ1n) is 25.1. The molecule has 396 valence electrons. The van der Waals surface area contributed by atoms with E-state index in [1.165, 1.54) is 12.1 Å². The first kappa shape index (κ1) is 50.8. The number of carbonyl (C=O) groups excluding carboxylic acids is 2. The lowest BCUT2D eigenvalue weighted by Gasteiger charge is -2.39. The third-order valence-electron chi connectivity index (χ3n) is 15.4. The fraction of sp³-hybridized carbons (Fsp3) is 0.520. The Labute approximate surface area is 429 Å². The van der Waals surface area contributed by atoms with Crippen molar-refractivity contribution in [1.82, 2.24) is 40.6 Å². The number of hydrogen-bond donors (Lipinski definition) is 3. The Kier molecular flexibility index (Phi) is 14.1. The molecule has 0 aliphatic carbocycles. The Balaban J connectivity index is 0.000000172. The number of aromatic amines is 3. The number of aromatic nitrogens is 8. The predicted octanol–water partition coefficient (Wildman–Crippen LogP) is 2.64. The normalized spacial score (nSPS) is 18.1. The monoisotopic (exact) mass is 1040 g/mol. The molecular weight excluding hydrogens is 977 g/mol. The summed E-state index contributed by atoms with van der Waals surface area (Å²) in [4.78, 5) is 79.6. The number of anilines is 6. The minimum Gasteiger partial charge on any atom is -0.485 e. The molecule has 2 aromatic carbocycles. The number of halogens is 2. The summed E-state index contributed by atoms with van der Waals surface area (Å²) >= 11 is 0. The van der Waals surface area contributed by atoms with E-state index in [4.69, 9.17) is 34.2 Å². The van der Waals surface area contributed by atoms with Gasteiger partial charge in [0.2, 0.25) is 29.5 Å². The van der Waals surface area contributed by atoms with Crippen LogP contribution in [0.4, 0.5) is 43.7 Å². The van der Waals surface area contributed by atoms with Gasteiger partial charge >= 0.3 is 0 Å². The predicted molar refractivity (Wildman–Crippen MR) is 270 cm³/mol. The van der Waals surface area contributed by atoms with Crippen molar-refractivity contribution < 1.29 is 37.3 Å². The third kappa shape index (κ3) is 9.23. The standard InChI is InChI=1S/C25H30FN9O4.C25H29FN6O4/c1-33-7-3-4-16-21(33)27-24(28-22(16)36)34-8-5-25(6-9-34)20-17(26)12-15(39-14-19-29-31-32-30-19)13-18(20)35(23(25)37)10-11-38-2;1-30-8-3-4-17-21(30)28-24(29-22(17)33)31-9-5-25(6-10-31)20-18(26)14-16(36-12-7-27)15-19(20)32(23(25)34)11-13-35-2/h12-13H,3-11,14H2,1-2H3,(H,27,28,36)(H,29,30,31,32);14-15H,3-6,8-13H2,1-2H3,(H,28,29,33). The quantitative estimate of drug-likeness (QED) is 0.153. The molecular formula is C50H59F2N15O8. The number of benzene rings is 2. The van der Waals surface area contributed by atoms with Gasteiger partial charge in [-0.1, -0.05) is 5.21 Å². The van der Waals surface area contributed by atoms with Gasteiger partial charge in [0.05, 0.1) is 46.5 Å². The first-order valence-corrected chi connectivity index (χ1v) is 25.1. The molecule has 0 saturated carbocycles. The van der Waals surface area contributed by atoms with Crippen LogP contribution in [0.3, 0.4) is 0 Å². The van der Waals surface area contributed by atoms with Gasteiger partial charge in [-0.2, -0.15) is 20.4 Å². The molecule has 5 aromatic rings. The molecule has 0 bridgehead atoms. The van der Waals surface area contributed by atoms with E-state index in [1.54, 1.807) is 36.2 Å². The molecule has 6 aliphatic heterocycles. The molecule has 25 heteroatoms. The number of ether oxygens (including phenoxy) is 4. The maximum absolute atomic E-state index is 15.8. The molecule has 75 heavy (non-hydrogen) atoms. The van der Waals surface area contributed by atoms with Gasteiger partial charge < -0.3 is 48.3 Å². The van der Waals surface area contributed by atoms with Crippen molar-refractivity contribution in [3.8, 4) is 17.6 Å². The zero-order chi connectivity index (χ0) is 52.6. The number of nitriles is 1. The van der Waals surface area contributed by atoms with Crippen LogP contribution in [0, 0.1) is 23.0 Å². The highest BCUT2D eigenvalue weighted by Crippen LogP contribution is 2.52. The van der Waals surface area contributed by atoms with Crippen molar-refractivity contribution in [3.63, 3.8) is 0 Å². The van der Waals surface area contributed by atoms with Crippen molar-refractivity contribution in [2.75, 3.05) is 130 Å². The van der Waals surface area contributed by atoms with Crippen molar-refractivity contribution in [2.24, 2.45) is 0 Å². The third-order valence-corrected chi connectivity index (χ3v) is 15.4. The summed E-state index contributed by atoms with van der Waals surface area (Å²) in [7, 11) is 6.97. The Morgan fingerprint density at radius 2 is 1.15 bits per heavy atom. The summed E-state index contributed by atoms with van der Waals surface area (Å²) < 4.78 is 52.8. The number of carbonyl (C=O) groups is 2. The van der Waals surface area contributed by atoms with Crippen molar-refractivity contribution in [1.29, 1.82) is 5.26 Å². The number of methoxy groups -OCH3 is 2. The van der Waals surface area contributed by atoms with Crippen LogP contribution in [-0.4, -0.2) is 153 Å². The average molecular weight is 1040 g/mol. The second-order valence-corrected chi connectivity index (χ2v) is 19.6. The van der Waals surface area contributed by atoms with Gasteiger partial charge in [-0.3, -0.25) is 29.1 Å². The number of piperidine rings is 2. The van der Waals surface area contributed by atoms with E-state index in [1.807, 2.05) is 39.8 Å². The van der Waals surface area contributed by atoms with Gasteiger partial charge in [-0.15, -0.1) is 10.2 Å². The molecule has 2 amide bonds. The number of nitrogens with one attached hydrogen (secondary N) is 3. The van der Waals surface area contributed by atoms with E-state index in [0.717, 1.165) is 25.9 Å². The number of rotatable bonds is 13. The SMILES string of the molecule is COCCN1C(=O)C2(CCN(c3nc4c(c(=O)[nH]3)CCCN4C)CC2)c2c(F)cc(OCC#N)cc21.COCCN1C(=O)C2(CCN(c3nc4c(c(=O)[nH]3)CCCN4C)CC2)c2c(F)cc(OCc3nn[nH]n3)cc21. The molecule has 11 rings (SSSR count). The fourth-order valence-electron chi connectivity index (χ4n) is 11.6. The maximum atomic E-state index is 15.8. The van der Waals surface area contributed by atoms with Gasteiger partial charge in [0, 0.05) is 116 Å². The van der Waals surface area contributed by atoms with Crippen molar-refractivity contribution in [2.45, 2.75) is 68.8 Å². The summed E-state index contributed by atoms with van der Waals surface area (Å²) in [6.45, 7) is 4.36. The summed E-state index contributed by atoms with van der Waals surface area (Å²) in [6, 6.07) is 7.74. The van der Waals surface area contributed by atoms with Gasteiger partial charge in [0.15, 0.2) is 13.2 Å². The van der Waals surface area contributed by atoms with Crippen LogP contribution in [0.5, 0.6) is 11.5 Å². The highest BCUT2D eigenvalue weighted by Gasteiger charge is 2.55. The molecule has 0 radical (unpaired) electrons. The lowest BCUT2D eigenvalue weighted by Crippen LogP contribution is -2.50. The van der Waals surface area contributed by atoms with Crippen LogP contribution in [0.2, 0.25) is 0 Å². The van der Waals surface area contributed by atoms with E-state index < -0.39 is 22.5 Å². The number of H-pyrrole nitrogens is 3. The Morgan fingerprint density at radius 3 is 1.57 bits per heavy atom.